The van der Waals surface area contributed by atoms with E-state index >= 15 is 0 Å². The summed E-state index contributed by atoms with van der Waals surface area (Å²) in [5, 5.41) is 11.6. The summed E-state index contributed by atoms with van der Waals surface area (Å²) >= 11 is 5.78. The Morgan fingerprint density at radius 3 is 3.00 bits per heavy atom. The maximum absolute atomic E-state index is 11.1. The second-order valence-corrected chi connectivity index (χ2v) is 3.34. The first kappa shape index (κ1) is 11.8. The summed E-state index contributed by atoms with van der Waals surface area (Å²) in [4.78, 5) is 11.1. The van der Waals surface area contributed by atoms with Gasteiger partial charge in [-0.05, 0) is 23.8 Å². The molecule has 1 rings (SSSR count). The van der Waals surface area contributed by atoms with Crippen molar-refractivity contribution in [3.05, 3.63) is 40.9 Å². The molecule has 2 N–H and O–H groups in total. The highest BCUT2D eigenvalue weighted by molar-refractivity contribution is 6.30. The quantitative estimate of drug-likeness (QED) is 0.763. The molecule has 0 aliphatic rings. The lowest BCUT2D eigenvalue weighted by Crippen LogP contribution is -2.24. The minimum atomic E-state index is -0.232. The van der Waals surface area contributed by atoms with Crippen LogP contribution in [-0.2, 0) is 4.79 Å². The van der Waals surface area contributed by atoms with Gasteiger partial charge < -0.3 is 10.4 Å². The van der Waals surface area contributed by atoms with Gasteiger partial charge in [0.1, 0.15) is 0 Å². The van der Waals surface area contributed by atoms with Crippen molar-refractivity contribution in [3.8, 4) is 0 Å². The van der Waals surface area contributed by atoms with E-state index in [1.165, 1.54) is 6.08 Å². The SMILES string of the molecule is O=C(/C=C/c1cccc(Cl)c1)NCCO. The molecular formula is C11H12ClNO2. The lowest BCUT2D eigenvalue weighted by molar-refractivity contribution is -0.116. The van der Waals surface area contributed by atoms with Crippen LogP contribution >= 0.6 is 11.6 Å². The van der Waals surface area contributed by atoms with Gasteiger partial charge in [0.25, 0.3) is 0 Å². The molecule has 0 unspecified atom stereocenters. The number of benzene rings is 1. The number of hydrogen-bond acceptors (Lipinski definition) is 2. The van der Waals surface area contributed by atoms with Crippen molar-refractivity contribution in [1.29, 1.82) is 0 Å². The highest BCUT2D eigenvalue weighted by atomic mass is 35.5. The van der Waals surface area contributed by atoms with E-state index in [9.17, 15) is 4.79 Å². The van der Waals surface area contributed by atoms with Crippen LogP contribution in [0.15, 0.2) is 30.3 Å². The first-order valence-corrected chi connectivity index (χ1v) is 4.92. The molecule has 0 bridgehead atoms. The normalized spacial score (nSPS) is 10.5. The van der Waals surface area contributed by atoms with E-state index < -0.39 is 0 Å². The minimum absolute atomic E-state index is 0.0588. The molecule has 4 heteroatoms. The van der Waals surface area contributed by atoms with E-state index in [-0.39, 0.29) is 19.1 Å². The van der Waals surface area contributed by atoms with Crippen molar-refractivity contribution in [2.24, 2.45) is 0 Å². The number of aliphatic hydroxyl groups excluding tert-OH is 1. The van der Waals surface area contributed by atoms with Gasteiger partial charge in [0.15, 0.2) is 0 Å². The molecule has 0 spiro atoms. The van der Waals surface area contributed by atoms with Gasteiger partial charge >= 0.3 is 0 Å². The molecule has 1 aromatic rings. The molecule has 0 saturated carbocycles. The van der Waals surface area contributed by atoms with Gasteiger partial charge in [-0.1, -0.05) is 23.7 Å². The summed E-state index contributed by atoms with van der Waals surface area (Å²) in [5.74, 6) is -0.232. The fourth-order valence-electron chi connectivity index (χ4n) is 1.02. The van der Waals surface area contributed by atoms with Crippen LogP contribution in [-0.4, -0.2) is 24.2 Å². The Bertz CT molecular complexity index is 363. The summed E-state index contributed by atoms with van der Waals surface area (Å²) in [6, 6.07) is 7.19. The molecule has 1 aromatic carbocycles. The number of halogens is 1. The van der Waals surface area contributed by atoms with E-state index in [0.29, 0.717) is 5.02 Å². The number of carbonyl (C=O) groups excluding carboxylic acids is 1. The summed E-state index contributed by atoms with van der Waals surface area (Å²) in [5.41, 5.74) is 0.863. The third kappa shape index (κ3) is 4.63. The standard InChI is InChI=1S/C11H12ClNO2/c12-10-3-1-2-9(8-10)4-5-11(15)13-6-7-14/h1-5,8,14H,6-7H2,(H,13,15)/b5-4+. The van der Waals surface area contributed by atoms with Crippen molar-refractivity contribution < 1.29 is 9.90 Å². The van der Waals surface area contributed by atoms with E-state index in [1.807, 2.05) is 12.1 Å². The van der Waals surface area contributed by atoms with Crippen molar-refractivity contribution in [3.63, 3.8) is 0 Å². The van der Waals surface area contributed by atoms with Gasteiger partial charge in [0, 0.05) is 17.6 Å². The van der Waals surface area contributed by atoms with Crippen LogP contribution in [0.5, 0.6) is 0 Å². The fraction of sp³-hybridized carbons (Fsp3) is 0.182. The van der Waals surface area contributed by atoms with Gasteiger partial charge in [-0.3, -0.25) is 4.79 Å². The maximum Gasteiger partial charge on any atom is 0.244 e. The molecule has 15 heavy (non-hydrogen) atoms. The molecule has 0 aliphatic carbocycles. The van der Waals surface area contributed by atoms with Crippen molar-refractivity contribution in [2.45, 2.75) is 0 Å². The lowest BCUT2D eigenvalue weighted by Gasteiger charge is -1.97. The van der Waals surface area contributed by atoms with Crippen LogP contribution in [0.3, 0.4) is 0 Å². The maximum atomic E-state index is 11.1. The van der Waals surface area contributed by atoms with Gasteiger partial charge in [-0.25, -0.2) is 0 Å². The van der Waals surface area contributed by atoms with Gasteiger partial charge in [-0.15, -0.1) is 0 Å². The molecule has 0 heterocycles. The van der Waals surface area contributed by atoms with Crippen LogP contribution in [0, 0.1) is 0 Å². The average Bonchev–Trinajstić information content (AvgIpc) is 2.23. The summed E-state index contributed by atoms with van der Waals surface area (Å²) in [6.07, 6.45) is 3.07. The summed E-state index contributed by atoms with van der Waals surface area (Å²) in [6.45, 7) is 0.204. The van der Waals surface area contributed by atoms with Gasteiger partial charge in [0.2, 0.25) is 5.91 Å². The monoisotopic (exact) mass is 225 g/mol. The molecule has 0 aromatic heterocycles. The highest BCUT2D eigenvalue weighted by Gasteiger charge is 1.93. The smallest absolute Gasteiger partial charge is 0.244 e. The van der Waals surface area contributed by atoms with Crippen molar-refractivity contribution in [2.75, 3.05) is 13.2 Å². The lowest BCUT2D eigenvalue weighted by atomic mass is 10.2. The topological polar surface area (TPSA) is 49.3 Å². The fourth-order valence-corrected chi connectivity index (χ4v) is 1.22. The first-order chi connectivity index (χ1) is 7.22. The summed E-state index contributed by atoms with van der Waals surface area (Å²) in [7, 11) is 0. The zero-order chi connectivity index (χ0) is 11.1. The van der Waals surface area contributed by atoms with Gasteiger partial charge in [0.05, 0.1) is 6.61 Å². The Kier molecular flexibility index (Phi) is 4.87. The van der Waals surface area contributed by atoms with E-state index in [2.05, 4.69) is 5.32 Å². The highest BCUT2D eigenvalue weighted by Crippen LogP contribution is 2.11. The third-order valence-corrected chi connectivity index (χ3v) is 1.92. The number of carbonyl (C=O) groups is 1. The zero-order valence-corrected chi connectivity index (χ0v) is 8.87. The molecule has 0 atom stereocenters. The molecule has 1 amide bonds. The number of amides is 1. The van der Waals surface area contributed by atoms with Gasteiger partial charge in [-0.2, -0.15) is 0 Å². The second kappa shape index (κ2) is 6.22. The molecular weight excluding hydrogens is 214 g/mol. The molecule has 0 saturated heterocycles. The second-order valence-electron chi connectivity index (χ2n) is 2.90. The van der Waals surface area contributed by atoms with Crippen LogP contribution in [0.25, 0.3) is 6.08 Å². The van der Waals surface area contributed by atoms with Crippen LogP contribution < -0.4 is 5.32 Å². The van der Waals surface area contributed by atoms with E-state index in [0.717, 1.165) is 5.56 Å². The third-order valence-electron chi connectivity index (χ3n) is 1.69. The average molecular weight is 226 g/mol. The summed E-state index contributed by atoms with van der Waals surface area (Å²) < 4.78 is 0. The van der Waals surface area contributed by atoms with Crippen LogP contribution in [0.2, 0.25) is 5.02 Å². The zero-order valence-electron chi connectivity index (χ0n) is 8.11. The Morgan fingerprint density at radius 1 is 1.53 bits per heavy atom. The number of aliphatic hydroxyl groups is 1. The predicted octanol–water partition coefficient (Wildman–Crippen LogP) is 1.46. The molecule has 0 radical (unpaired) electrons. The Hall–Kier alpha value is -1.32. The van der Waals surface area contributed by atoms with Crippen LogP contribution in [0.1, 0.15) is 5.56 Å². The van der Waals surface area contributed by atoms with E-state index in [1.54, 1.807) is 18.2 Å². The predicted molar refractivity (Wildman–Crippen MR) is 60.6 cm³/mol. The van der Waals surface area contributed by atoms with Crippen molar-refractivity contribution >= 4 is 23.6 Å². The number of nitrogens with one attached hydrogen (secondary N) is 1. The largest absolute Gasteiger partial charge is 0.395 e. The Balaban J connectivity index is 2.53. The van der Waals surface area contributed by atoms with Crippen molar-refractivity contribution in [1.82, 2.24) is 5.32 Å². The number of hydrogen-bond donors (Lipinski definition) is 2. The molecule has 0 fully saturated rings. The number of rotatable bonds is 4. The van der Waals surface area contributed by atoms with Crippen LogP contribution in [0.4, 0.5) is 0 Å². The Labute approximate surface area is 93.4 Å². The minimum Gasteiger partial charge on any atom is -0.395 e. The molecule has 3 nitrogen and oxygen atoms in total. The Morgan fingerprint density at radius 2 is 2.33 bits per heavy atom. The molecule has 80 valence electrons. The molecule has 0 aliphatic heterocycles. The first-order valence-electron chi connectivity index (χ1n) is 4.54. The van der Waals surface area contributed by atoms with E-state index in [4.69, 9.17) is 16.7 Å².